The Morgan fingerprint density at radius 1 is 0.824 bits per heavy atom. The quantitative estimate of drug-likeness (QED) is 0.356. The minimum absolute atomic E-state index is 0.00758. The van der Waals surface area contributed by atoms with Gasteiger partial charge in [0.25, 0.3) is 0 Å². The lowest BCUT2D eigenvalue weighted by Gasteiger charge is -2.12. The summed E-state index contributed by atoms with van der Waals surface area (Å²) < 4.78 is 24.2. The minimum Gasteiger partial charge on any atom is -0.508 e. The van der Waals surface area contributed by atoms with Gasteiger partial charge in [0.1, 0.15) is 24.8 Å². The van der Waals surface area contributed by atoms with Crippen molar-refractivity contribution in [1.82, 2.24) is 10.6 Å². The van der Waals surface area contributed by atoms with E-state index in [0.29, 0.717) is 0 Å². The van der Waals surface area contributed by atoms with Crippen LogP contribution in [0.25, 0.3) is 0 Å². The van der Waals surface area contributed by atoms with Gasteiger partial charge in [-0.15, -0.1) is 0 Å². The number of aromatic hydroxyl groups is 1. The molecule has 8 nitrogen and oxygen atoms in total. The van der Waals surface area contributed by atoms with Crippen molar-refractivity contribution in [2.45, 2.75) is 19.6 Å². The molecule has 176 valence electrons. The van der Waals surface area contributed by atoms with Crippen molar-refractivity contribution >= 4 is 18.1 Å². The van der Waals surface area contributed by atoms with E-state index in [9.17, 15) is 19.1 Å². The third kappa shape index (κ3) is 8.27. The number of ether oxygens (including phenoxy) is 2. The van der Waals surface area contributed by atoms with Crippen LogP contribution in [0.4, 0.5) is 14.0 Å². The third-order valence-corrected chi connectivity index (χ3v) is 4.55. The number of guanidine groups is 1. The number of aliphatic imine (C=N–C) groups is 1. The number of alkyl carbamates (subject to hydrolysis) is 2. The van der Waals surface area contributed by atoms with Gasteiger partial charge in [-0.05, 0) is 41.3 Å². The third-order valence-electron chi connectivity index (χ3n) is 4.55. The van der Waals surface area contributed by atoms with Crippen LogP contribution in [0.15, 0.2) is 83.9 Å². The number of halogens is 1. The lowest BCUT2D eigenvalue weighted by Crippen LogP contribution is -2.44. The van der Waals surface area contributed by atoms with E-state index in [0.717, 1.165) is 17.2 Å². The largest absolute Gasteiger partial charge is 0.508 e. The van der Waals surface area contributed by atoms with Crippen molar-refractivity contribution in [2.24, 2.45) is 4.99 Å². The summed E-state index contributed by atoms with van der Waals surface area (Å²) in [5.41, 5.74) is 1.80. The number of carbonyl (C=O) groups is 2. The zero-order valence-corrected chi connectivity index (χ0v) is 18.2. The van der Waals surface area contributed by atoms with Crippen LogP contribution in [0.1, 0.15) is 16.7 Å². The van der Waals surface area contributed by atoms with Crippen molar-refractivity contribution in [3.8, 4) is 5.75 Å². The number of phenols is 1. The smallest absolute Gasteiger partial charge is 0.414 e. The van der Waals surface area contributed by atoms with Gasteiger partial charge in [0.05, 0.1) is 0 Å². The van der Waals surface area contributed by atoms with E-state index >= 15 is 0 Å². The molecule has 0 aliphatic heterocycles. The van der Waals surface area contributed by atoms with Crippen molar-refractivity contribution < 1.29 is 28.6 Å². The Labute approximate surface area is 196 Å². The second kappa shape index (κ2) is 12.6. The van der Waals surface area contributed by atoms with Gasteiger partial charge < -0.3 is 14.6 Å². The van der Waals surface area contributed by atoms with Gasteiger partial charge in [0.2, 0.25) is 5.96 Å². The first-order valence-corrected chi connectivity index (χ1v) is 10.5. The number of amides is 2. The van der Waals surface area contributed by atoms with Crippen molar-refractivity contribution in [3.05, 3.63) is 101 Å². The molecule has 0 aliphatic rings. The minimum atomic E-state index is -0.838. The molecule has 0 aromatic heterocycles. The first-order valence-electron chi connectivity index (χ1n) is 10.5. The molecule has 0 atom stereocenters. The molecule has 3 aromatic carbocycles. The molecule has 3 N–H and O–H groups in total. The van der Waals surface area contributed by atoms with Gasteiger partial charge in [0.15, 0.2) is 0 Å². The molecule has 0 saturated heterocycles. The maximum atomic E-state index is 13.9. The highest BCUT2D eigenvalue weighted by Crippen LogP contribution is 2.15. The summed E-state index contributed by atoms with van der Waals surface area (Å²) in [6, 6.07) is 21.8. The van der Waals surface area contributed by atoms with E-state index in [1.165, 1.54) is 12.1 Å². The van der Waals surface area contributed by atoms with Gasteiger partial charge in [0, 0.05) is 6.54 Å². The number of nitrogens with one attached hydrogen (secondary N) is 2. The fourth-order valence-electron chi connectivity index (χ4n) is 2.86. The fraction of sp³-hybridized carbons (Fsp3) is 0.160. The Hall–Kier alpha value is -4.40. The average Bonchev–Trinajstić information content (AvgIpc) is 2.85. The Balaban J connectivity index is 1.60. The van der Waals surface area contributed by atoms with E-state index in [2.05, 4.69) is 15.6 Å². The number of phenolic OH excluding ortho intramolecular Hbond substituents is 1. The van der Waals surface area contributed by atoms with Crippen LogP contribution >= 0.6 is 0 Å². The van der Waals surface area contributed by atoms with Crippen LogP contribution in [-0.2, 0) is 29.1 Å². The first kappa shape index (κ1) is 24.2. The molecule has 2 amide bonds. The lowest BCUT2D eigenvalue weighted by molar-refractivity contribution is 0.141. The summed E-state index contributed by atoms with van der Waals surface area (Å²) in [4.78, 5) is 28.6. The van der Waals surface area contributed by atoms with Crippen LogP contribution in [0.2, 0.25) is 0 Å². The number of nitrogens with zero attached hydrogens (tertiary/aromatic N) is 1. The number of benzene rings is 3. The molecule has 34 heavy (non-hydrogen) atoms. The van der Waals surface area contributed by atoms with Gasteiger partial charge in [-0.3, -0.25) is 15.6 Å². The standard InChI is InChI=1S/C25H24FN3O5/c26-22-12-11-21(30)15-20(22)13-14-27-23(28-24(31)33-16-18-7-3-1-4-8-18)29-25(32)34-17-19-9-5-2-6-10-19/h1-12,15,30H,13-14,16-17H2,(H2,27,28,29,31,32). The summed E-state index contributed by atoms with van der Waals surface area (Å²) in [6.45, 7) is 0.0491. The predicted octanol–water partition coefficient (Wildman–Crippen LogP) is 4.28. The lowest BCUT2D eigenvalue weighted by atomic mass is 10.1. The van der Waals surface area contributed by atoms with E-state index in [1.807, 2.05) is 36.4 Å². The van der Waals surface area contributed by atoms with Gasteiger partial charge in [-0.2, -0.15) is 0 Å². The summed E-state index contributed by atoms with van der Waals surface area (Å²) in [5, 5.41) is 14.3. The Morgan fingerprint density at radius 2 is 1.35 bits per heavy atom. The van der Waals surface area contributed by atoms with Gasteiger partial charge in [-0.25, -0.2) is 14.0 Å². The fourth-order valence-corrected chi connectivity index (χ4v) is 2.86. The monoisotopic (exact) mass is 465 g/mol. The van der Waals surface area contributed by atoms with Gasteiger partial charge in [-0.1, -0.05) is 60.7 Å². The number of hydrogen-bond acceptors (Lipinski definition) is 6. The highest BCUT2D eigenvalue weighted by Gasteiger charge is 2.13. The maximum Gasteiger partial charge on any atom is 0.414 e. The molecule has 0 radical (unpaired) electrons. The zero-order valence-electron chi connectivity index (χ0n) is 18.2. The molecule has 0 bridgehead atoms. The van der Waals surface area contributed by atoms with Crippen LogP contribution in [0, 0.1) is 5.82 Å². The molecule has 0 unspecified atom stereocenters. The topological polar surface area (TPSA) is 109 Å². The van der Waals surface area contributed by atoms with Crippen LogP contribution in [0.5, 0.6) is 5.75 Å². The predicted molar refractivity (Wildman–Crippen MR) is 124 cm³/mol. The molecule has 0 saturated carbocycles. The molecular weight excluding hydrogens is 441 g/mol. The number of rotatable bonds is 7. The highest BCUT2D eigenvalue weighted by molar-refractivity contribution is 6.01. The number of hydrogen-bond donors (Lipinski definition) is 3. The van der Waals surface area contributed by atoms with Crippen molar-refractivity contribution in [2.75, 3.05) is 6.54 Å². The molecule has 0 fully saturated rings. The van der Waals surface area contributed by atoms with E-state index < -0.39 is 18.0 Å². The molecule has 3 rings (SSSR count). The Morgan fingerprint density at radius 3 is 1.88 bits per heavy atom. The van der Waals surface area contributed by atoms with Crippen LogP contribution in [-0.4, -0.2) is 29.8 Å². The molecule has 0 aliphatic carbocycles. The van der Waals surface area contributed by atoms with Gasteiger partial charge >= 0.3 is 12.2 Å². The summed E-state index contributed by atoms with van der Waals surface area (Å²) in [6.07, 6.45) is -1.56. The van der Waals surface area contributed by atoms with Crippen LogP contribution < -0.4 is 10.6 Å². The maximum absolute atomic E-state index is 13.9. The second-order valence-electron chi connectivity index (χ2n) is 7.13. The van der Waals surface area contributed by atoms with E-state index in [-0.39, 0.29) is 43.5 Å². The molecule has 9 heteroatoms. The highest BCUT2D eigenvalue weighted by atomic mass is 19.1. The summed E-state index contributed by atoms with van der Waals surface area (Å²) >= 11 is 0. The molecular formula is C25H24FN3O5. The Bertz CT molecular complexity index is 1060. The van der Waals surface area contributed by atoms with Crippen LogP contribution in [0.3, 0.4) is 0 Å². The molecule has 0 heterocycles. The van der Waals surface area contributed by atoms with Crippen molar-refractivity contribution in [3.63, 3.8) is 0 Å². The number of carbonyl (C=O) groups excluding carboxylic acids is 2. The SMILES string of the molecule is O=C(NC(=NCCc1cc(O)ccc1F)NC(=O)OCc1ccccc1)OCc1ccccc1. The zero-order chi connectivity index (χ0) is 24.2. The molecule has 0 spiro atoms. The average molecular weight is 465 g/mol. The summed E-state index contributed by atoms with van der Waals surface area (Å²) in [5.74, 6) is -0.789. The van der Waals surface area contributed by atoms with E-state index in [1.54, 1.807) is 24.3 Å². The Kier molecular flexibility index (Phi) is 8.98. The van der Waals surface area contributed by atoms with E-state index in [4.69, 9.17) is 9.47 Å². The normalized spacial score (nSPS) is 10.1. The van der Waals surface area contributed by atoms with Crippen molar-refractivity contribution in [1.29, 1.82) is 0 Å². The first-order chi connectivity index (χ1) is 16.5. The second-order valence-corrected chi connectivity index (χ2v) is 7.13. The summed E-state index contributed by atoms with van der Waals surface area (Å²) in [7, 11) is 0. The molecule has 3 aromatic rings.